The number of amides is 1. The standard InChI is InChI=1S/C15H22N2O3/c1-19-13-4-3-11(7-14(13)20-2)5-6-17-10-12(9-16)8-15(17)18/h3-4,7,12H,5-6,8-10,16H2,1-2H3/t12-/m1/s1. The Hall–Kier alpha value is -1.75. The first-order chi connectivity index (χ1) is 9.67. The van der Waals surface area contributed by atoms with Crippen LogP contribution in [0.4, 0.5) is 0 Å². The van der Waals surface area contributed by atoms with E-state index in [4.69, 9.17) is 15.2 Å². The van der Waals surface area contributed by atoms with E-state index in [-0.39, 0.29) is 5.91 Å². The SMILES string of the molecule is COc1ccc(CCN2C[C@@H](CN)CC2=O)cc1OC. The van der Waals surface area contributed by atoms with E-state index in [0.717, 1.165) is 36.6 Å². The van der Waals surface area contributed by atoms with Gasteiger partial charge in [-0.3, -0.25) is 4.79 Å². The van der Waals surface area contributed by atoms with Gasteiger partial charge in [-0.2, -0.15) is 0 Å². The van der Waals surface area contributed by atoms with Crippen LogP contribution < -0.4 is 15.2 Å². The Balaban J connectivity index is 1.96. The topological polar surface area (TPSA) is 64.8 Å². The molecule has 5 heteroatoms. The third kappa shape index (κ3) is 3.22. The number of hydrogen-bond donors (Lipinski definition) is 1. The largest absolute Gasteiger partial charge is 0.493 e. The molecule has 0 aromatic heterocycles. The molecule has 1 atom stereocenters. The van der Waals surface area contributed by atoms with Gasteiger partial charge in [-0.05, 0) is 36.6 Å². The summed E-state index contributed by atoms with van der Waals surface area (Å²) in [7, 11) is 3.24. The number of benzene rings is 1. The maximum absolute atomic E-state index is 11.8. The number of carbonyl (C=O) groups is 1. The molecule has 1 heterocycles. The number of nitrogens with two attached hydrogens (primary N) is 1. The summed E-state index contributed by atoms with van der Waals surface area (Å²) in [6, 6.07) is 5.85. The van der Waals surface area contributed by atoms with Crippen molar-refractivity contribution >= 4 is 5.91 Å². The molecule has 0 aliphatic carbocycles. The Kier molecular flexibility index (Phi) is 4.84. The van der Waals surface area contributed by atoms with Gasteiger partial charge in [0.05, 0.1) is 14.2 Å². The molecule has 1 saturated heterocycles. The molecule has 20 heavy (non-hydrogen) atoms. The first-order valence-electron chi connectivity index (χ1n) is 6.86. The van der Waals surface area contributed by atoms with Gasteiger partial charge in [0, 0.05) is 19.5 Å². The van der Waals surface area contributed by atoms with Gasteiger partial charge in [0.1, 0.15) is 0 Å². The summed E-state index contributed by atoms with van der Waals surface area (Å²) in [6.45, 7) is 2.09. The summed E-state index contributed by atoms with van der Waals surface area (Å²) >= 11 is 0. The molecule has 110 valence electrons. The third-order valence-electron chi connectivity index (χ3n) is 3.75. The van der Waals surface area contributed by atoms with E-state index in [9.17, 15) is 4.79 Å². The normalized spacial score (nSPS) is 18.4. The van der Waals surface area contributed by atoms with Gasteiger partial charge >= 0.3 is 0 Å². The van der Waals surface area contributed by atoms with Crippen molar-refractivity contribution in [3.63, 3.8) is 0 Å². The molecular formula is C15H22N2O3. The lowest BCUT2D eigenvalue weighted by Gasteiger charge is -2.17. The van der Waals surface area contributed by atoms with Crippen LogP contribution in [0.15, 0.2) is 18.2 Å². The highest BCUT2D eigenvalue weighted by Crippen LogP contribution is 2.28. The molecule has 0 radical (unpaired) electrons. The Morgan fingerprint density at radius 2 is 2.05 bits per heavy atom. The molecule has 0 spiro atoms. The zero-order valence-electron chi connectivity index (χ0n) is 12.1. The zero-order valence-corrected chi connectivity index (χ0v) is 12.1. The third-order valence-corrected chi connectivity index (χ3v) is 3.75. The molecule has 1 aliphatic heterocycles. The van der Waals surface area contributed by atoms with Crippen LogP contribution in [0.5, 0.6) is 11.5 Å². The first-order valence-corrected chi connectivity index (χ1v) is 6.86. The predicted octanol–water partition coefficient (Wildman–Crippen LogP) is 1.05. The lowest BCUT2D eigenvalue weighted by molar-refractivity contribution is -0.127. The van der Waals surface area contributed by atoms with Crippen LogP contribution in [0.2, 0.25) is 0 Å². The van der Waals surface area contributed by atoms with Crippen molar-refractivity contribution in [1.82, 2.24) is 4.90 Å². The van der Waals surface area contributed by atoms with Crippen LogP contribution in [-0.4, -0.2) is 44.7 Å². The van der Waals surface area contributed by atoms with Gasteiger partial charge < -0.3 is 20.1 Å². The first kappa shape index (κ1) is 14.7. The van der Waals surface area contributed by atoms with E-state index < -0.39 is 0 Å². The molecule has 0 unspecified atom stereocenters. The second kappa shape index (κ2) is 6.61. The minimum absolute atomic E-state index is 0.209. The lowest BCUT2D eigenvalue weighted by Crippen LogP contribution is -2.28. The predicted molar refractivity (Wildman–Crippen MR) is 77.0 cm³/mol. The molecule has 1 amide bonds. The Morgan fingerprint density at radius 1 is 1.30 bits per heavy atom. The quantitative estimate of drug-likeness (QED) is 0.845. The average molecular weight is 278 g/mol. The van der Waals surface area contributed by atoms with Crippen LogP contribution in [-0.2, 0) is 11.2 Å². The second-order valence-electron chi connectivity index (χ2n) is 5.08. The van der Waals surface area contributed by atoms with E-state index >= 15 is 0 Å². The highest BCUT2D eigenvalue weighted by atomic mass is 16.5. The number of methoxy groups -OCH3 is 2. The van der Waals surface area contributed by atoms with Crippen LogP contribution in [0.3, 0.4) is 0 Å². The molecule has 1 aromatic rings. The number of rotatable bonds is 6. The fourth-order valence-electron chi connectivity index (χ4n) is 2.53. The highest BCUT2D eigenvalue weighted by Gasteiger charge is 2.27. The van der Waals surface area contributed by atoms with Gasteiger partial charge in [0.25, 0.3) is 0 Å². The van der Waals surface area contributed by atoms with Gasteiger partial charge in [0.2, 0.25) is 5.91 Å². The van der Waals surface area contributed by atoms with Crippen LogP contribution in [0.25, 0.3) is 0 Å². The fourth-order valence-corrected chi connectivity index (χ4v) is 2.53. The van der Waals surface area contributed by atoms with Gasteiger partial charge in [-0.1, -0.05) is 6.07 Å². The van der Waals surface area contributed by atoms with Crippen molar-refractivity contribution in [2.45, 2.75) is 12.8 Å². The summed E-state index contributed by atoms with van der Waals surface area (Å²) in [5.74, 6) is 1.96. The van der Waals surface area contributed by atoms with E-state index in [1.807, 2.05) is 23.1 Å². The number of likely N-dealkylation sites (tertiary alicyclic amines) is 1. The smallest absolute Gasteiger partial charge is 0.222 e. The zero-order chi connectivity index (χ0) is 14.5. The Labute approximate surface area is 119 Å². The Morgan fingerprint density at radius 3 is 2.65 bits per heavy atom. The number of hydrogen-bond acceptors (Lipinski definition) is 4. The van der Waals surface area contributed by atoms with Crippen molar-refractivity contribution < 1.29 is 14.3 Å². The summed E-state index contributed by atoms with van der Waals surface area (Å²) in [5, 5.41) is 0. The average Bonchev–Trinajstić information content (AvgIpc) is 2.85. The lowest BCUT2D eigenvalue weighted by atomic mass is 10.1. The van der Waals surface area contributed by atoms with Crippen LogP contribution >= 0.6 is 0 Å². The number of carbonyl (C=O) groups excluding carboxylic acids is 1. The maximum atomic E-state index is 11.8. The molecule has 0 bridgehead atoms. The van der Waals surface area contributed by atoms with Gasteiger partial charge in [0.15, 0.2) is 11.5 Å². The molecule has 1 aliphatic rings. The fraction of sp³-hybridized carbons (Fsp3) is 0.533. The van der Waals surface area contributed by atoms with Crippen molar-refractivity contribution in [2.75, 3.05) is 33.9 Å². The monoisotopic (exact) mass is 278 g/mol. The van der Waals surface area contributed by atoms with E-state index in [0.29, 0.717) is 18.9 Å². The van der Waals surface area contributed by atoms with Crippen molar-refractivity contribution in [1.29, 1.82) is 0 Å². The summed E-state index contributed by atoms with van der Waals surface area (Å²) in [4.78, 5) is 13.7. The van der Waals surface area contributed by atoms with E-state index in [2.05, 4.69) is 0 Å². The summed E-state index contributed by atoms with van der Waals surface area (Å²) < 4.78 is 10.5. The van der Waals surface area contributed by atoms with E-state index in [1.54, 1.807) is 14.2 Å². The van der Waals surface area contributed by atoms with Gasteiger partial charge in [-0.25, -0.2) is 0 Å². The van der Waals surface area contributed by atoms with Crippen LogP contribution in [0.1, 0.15) is 12.0 Å². The molecule has 2 rings (SSSR count). The maximum Gasteiger partial charge on any atom is 0.222 e. The molecule has 2 N–H and O–H groups in total. The van der Waals surface area contributed by atoms with Crippen molar-refractivity contribution in [3.8, 4) is 11.5 Å². The Bertz CT molecular complexity index is 476. The molecule has 1 aromatic carbocycles. The van der Waals surface area contributed by atoms with E-state index in [1.165, 1.54) is 0 Å². The van der Waals surface area contributed by atoms with Gasteiger partial charge in [-0.15, -0.1) is 0 Å². The number of ether oxygens (including phenoxy) is 2. The second-order valence-corrected chi connectivity index (χ2v) is 5.08. The van der Waals surface area contributed by atoms with Crippen molar-refractivity contribution in [2.24, 2.45) is 11.7 Å². The minimum Gasteiger partial charge on any atom is -0.493 e. The minimum atomic E-state index is 0.209. The molecule has 1 fully saturated rings. The molecule has 5 nitrogen and oxygen atoms in total. The molecular weight excluding hydrogens is 256 g/mol. The summed E-state index contributed by atoms with van der Waals surface area (Å²) in [5.41, 5.74) is 6.76. The van der Waals surface area contributed by atoms with Crippen LogP contribution in [0, 0.1) is 5.92 Å². The molecule has 0 saturated carbocycles. The number of nitrogens with zero attached hydrogens (tertiary/aromatic N) is 1. The summed E-state index contributed by atoms with van der Waals surface area (Å²) in [6.07, 6.45) is 1.39. The van der Waals surface area contributed by atoms with Crippen molar-refractivity contribution in [3.05, 3.63) is 23.8 Å². The highest BCUT2D eigenvalue weighted by molar-refractivity contribution is 5.78.